The van der Waals surface area contributed by atoms with Crippen molar-refractivity contribution in [3.63, 3.8) is 0 Å². The molecule has 1 rings (SSSR count). The number of hydrogen-bond acceptors (Lipinski definition) is 7. The van der Waals surface area contributed by atoms with E-state index in [-0.39, 0.29) is 18.9 Å². The Kier molecular flexibility index (Phi) is 12.6. The predicted octanol–water partition coefficient (Wildman–Crippen LogP) is -0.277. The number of amides is 2. The summed E-state index contributed by atoms with van der Waals surface area (Å²) in [6.07, 6.45) is 0.795. The number of carbonyl (C=O) groups is 2. The Morgan fingerprint density at radius 2 is 1.71 bits per heavy atom. The van der Waals surface area contributed by atoms with Gasteiger partial charge in [0.2, 0.25) is 11.8 Å². The van der Waals surface area contributed by atoms with Gasteiger partial charge in [-0.1, -0.05) is 12.1 Å². The second kappa shape index (κ2) is 14.8. The first-order valence-electron chi connectivity index (χ1n) is 9.45. The lowest BCUT2D eigenvalue weighted by Crippen LogP contribution is -2.27. The zero-order valence-electron chi connectivity index (χ0n) is 16.2. The normalized spacial score (nSPS) is 11.8. The third-order valence-corrected chi connectivity index (χ3v) is 3.79. The second-order valence-electron chi connectivity index (χ2n) is 6.23. The maximum absolute atomic E-state index is 11.7. The molecule has 0 spiro atoms. The summed E-state index contributed by atoms with van der Waals surface area (Å²) in [7, 11) is 0. The third-order valence-electron chi connectivity index (χ3n) is 3.79. The number of aliphatic hydroxyl groups is 1. The molecule has 9 nitrogen and oxygen atoms in total. The molecule has 1 unspecified atom stereocenters. The van der Waals surface area contributed by atoms with Gasteiger partial charge in [-0.15, -0.1) is 0 Å². The molecular weight excluding hydrogens is 364 g/mol. The van der Waals surface area contributed by atoms with Crippen LogP contribution >= 0.6 is 0 Å². The number of primary amides is 1. The number of anilines is 1. The number of nitrogens with one attached hydrogen (secondary N) is 2. The molecular formula is C19H32N4O5. The number of ether oxygens (including phenoxy) is 2. The van der Waals surface area contributed by atoms with Gasteiger partial charge in [-0.3, -0.25) is 9.59 Å². The van der Waals surface area contributed by atoms with Gasteiger partial charge in [0.25, 0.3) is 0 Å². The Labute approximate surface area is 165 Å². The number of benzene rings is 1. The van der Waals surface area contributed by atoms with Crippen molar-refractivity contribution in [3.05, 3.63) is 29.8 Å². The van der Waals surface area contributed by atoms with Crippen molar-refractivity contribution in [2.45, 2.75) is 31.9 Å². The van der Waals surface area contributed by atoms with Crippen molar-refractivity contribution in [2.75, 3.05) is 44.8 Å². The Morgan fingerprint density at radius 3 is 2.36 bits per heavy atom. The summed E-state index contributed by atoms with van der Waals surface area (Å²) in [6, 6.07) is 7.50. The van der Waals surface area contributed by atoms with E-state index in [1.807, 2.05) is 24.3 Å². The molecule has 0 aliphatic heterocycles. The Bertz CT molecular complexity index is 568. The molecule has 7 N–H and O–H groups in total. The van der Waals surface area contributed by atoms with E-state index in [1.165, 1.54) is 0 Å². The first kappa shape index (κ1) is 23.8. The third kappa shape index (κ3) is 12.2. The molecule has 0 heterocycles. The molecule has 1 aromatic rings. The highest BCUT2D eigenvalue weighted by atomic mass is 16.5. The molecule has 0 saturated heterocycles. The van der Waals surface area contributed by atoms with Crippen LogP contribution in [0.2, 0.25) is 0 Å². The molecule has 0 bridgehead atoms. The lowest BCUT2D eigenvalue weighted by Gasteiger charge is -2.14. The largest absolute Gasteiger partial charge is 0.379 e. The predicted molar refractivity (Wildman–Crippen MR) is 107 cm³/mol. The summed E-state index contributed by atoms with van der Waals surface area (Å²) in [5.41, 5.74) is 12.1. The van der Waals surface area contributed by atoms with Gasteiger partial charge in [-0.05, 0) is 24.1 Å². The zero-order chi connectivity index (χ0) is 20.6. The molecule has 1 atom stereocenters. The highest BCUT2D eigenvalue weighted by Gasteiger charge is 2.06. The molecule has 0 saturated carbocycles. The first-order chi connectivity index (χ1) is 13.5. The van der Waals surface area contributed by atoms with E-state index in [4.69, 9.17) is 20.9 Å². The van der Waals surface area contributed by atoms with Crippen LogP contribution < -0.4 is 22.1 Å². The number of hydrogen-bond donors (Lipinski definition) is 5. The maximum Gasteiger partial charge on any atom is 0.220 e. The number of aryl methyl sites for hydroxylation is 1. The SMILES string of the molecule is NCCOCCOCCC(O)Nc1ccc(CCC(=O)NCCC(N)=O)cc1. The van der Waals surface area contributed by atoms with Crippen LogP contribution in [-0.4, -0.2) is 62.7 Å². The van der Waals surface area contributed by atoms with Gasteiger partial charge in [-0.2, -0.15) is 0 Å². The van der Waals surface area contributed by atoms with E-state index in [0.29, 0.717) is 52.2 Å². The smallest absolute Gasteiger partial charge is 0.220 e. The molecule has 2 amide bonds. The number of aliphatic hydroxyl groups excluding tert-OH is 1. The topological polar surface area (TPSA) is 149 Å². The fourth-order valence-electron chi connectivity index (χ4n) is 2.30. The minimum Gasteiger partial charge on any atom is -0.379 e. The summed E-state index contributed by atoms with van der Waals surface area (Å²) in [5, 5.41) is 15.6. The molecule has 0 aliphatic rings. The maximum atomic E-state index is 11.7. The van der Waals surface area contributed by atoms with Crippen LogP contribution in [0.4, 0.5) is 5.69 Å². The van der Waals surface area contributed by atoms with Gasteiger partial charge in [0.1, 0.15) is 6.23 Å². The number of carbonyl (C=O) groups excluding carboxylic acids is 2. The minimum atomic E-state index is -0.716. The molecule has 9 heteroatoms. The van der Waals surface area contributed by atoms with Gasteiger partial charge in [0.05, 0.1) is 26.4 Å². The van der Waals surface area contributed by atoms with Crippen molar-refractivity contribution in [3.8, 4) is 0 Å². The lowest BCUT2D eigenvalue weighted by atomic mass is 10.1. The van der Waals surface area contributed by atoms with Crippen LogP contribution in [0, 0.1) is 0 Å². The fourth-order valence-corrected chi connectivity index (χ4v) is 2.30. The van der Waals surface area contributed by atoms with Crippen molar-refractivity contribution in [2.24, 2.45) is 11.5 Å². The van der Waals surface area contributed by atoms with E-state index in [1.54, 1.807) is 0 Å². The van der Waals surface area contributed by atoms with Crippen LogP contribution in [0.15, 0.2) is 24.3 Å². The van der Waals surface area contributed by atoms with Gasteiger partial charge in [0.15, 0.2) is 0 Å². The van der Waals surface area contributed by atoms with Crippen LogP contribution in [-0.2, 0) is 25.5 Å². The lowest BCUT2D eigenvalue weighted by molar-refractivity contribution is -0.121. The average Bonchev–Trinajstić information content (AvgIpc) is 2.66. The van der Waals surface area contributed by atoms with Crippen molar-refractivity contribution in [1.29, 1.82) is 0 Å². The molecule has 0 aromatic heterocycles. The minimum absolute atomic E-state index is 0.118. The van der Waals surface area contributed by atoms with Crippen LogP contribution in [0.1, 0.15) is 24.8 Å². The first-order valence-corrected chi connectivity index (χ1v) is 9.45. The van der Waals surface area contributed by atoms with Crippen LogP contribution in [0.3, 0.4) is 0 Å². The van der Waals surface area contributed by atoms with Crippen molar-refractivity contribution in [1.82, 2.24) is 5.32 Å². The zero-order valence-corrected chi connectivity index (χ0v) is 16.2. The van der Waals surface area contributed by atoms with Crippen molar-refractivity contribution < 1.29 is 24.2 Å². The van der Waals surface area contributed by atoms with E-state index < -0.39 is 12.1 Å². The Balaban J connectivity index is 2.18. The fraction of sp³-hybridized carbons (Fsp3) is 0.579. The average molecular weight is 396 g/mol. The summed E-state index contributed by atoms with van der Waals surface area (Å²) < 4.78 is 10.6. The van der Waals surface area contributed by atoms with Gasteiger partial charge in [0, 0.05) is 38.0 Å². The Morgan fingerprint density at radius 1 is 1.04 bits per heavy atom. The van der Waals surface area contributed by atoms with Gasteiger partial charge < -0.3 is 36.7 Å². The van der Waals surface area contributed by atoms with Crippen LogP contribution in [0.5, 0.6) is 0 Å². The Hall–Kier alpha value is -2.20. The van der Waals surface area contributed by atoms with Gasteiger partial charge in [-0.25, -0.2) is 0 Å². The summed E-state index contributed by atoms with van der Waals surface area (Å²) in [5.74, 6) is -0.555. The van der Waals surface area contributed by atoms with E-state index in [2.05, 4.69) is 10.6 Å². The van der Waals surface area contributed by atoms with Crippen molar-refractivity contribution >= 4 is 17.5 Å². The molecule has 28 heavy (non-hydrogen) atoms. The molecule has 1 aromatic carbocycles. The quantitative estimate of drug-likeness (QED) is 0.191. The van der Waals surface area contributed by atoms with Crippen LogP contribution in [0.25, 0.3) is 0 Å². The van der Waals surface area contributed by atoms with Gasteiger partial charge >= 0.3 is 0 Å². The number of rotatable bonds is 16. The molecule has 0 fully saturated rings. The van der Waals surface area contributed by atoms with E-state index in [9.17, 15) is 14.7 Å². The highest BCUT2D eigenvalue weighted by Crippen LogP contribution is 2.12. The molecule has 0 aliphatic carbocycles. The molecule has 158 valence electrons. The monoisotopic (exact) mass is 396 g/mol. The second-order valence-corrected chi connectivity index (χ2v) is 6.23. The highest BCUT2D eigenvalue weighted by molar-refractivity contribution is 5.78. The number of nitrogens with two attached hydrogens (primary N) is 2. The summed E-state index contributed by atoms with van der Waals surface area (Å²) in [6.45, 7) is 2.65. The molecule has 0 radical (unpaired) electrons. The van der Waals surface area contributed by atoms with E-state index >= 15 is 0 Å². The summed E-state index contributed by atoms with van der Waals surface area (Å²) in [4.78, 5) is 22.3. The summed E-state index contributed by atoms with van der Waals surface area (Å²) >= 11 is 0. The van der Waals surface area contributed by atoms with E-state index in [0.717, 1.165) is 11.3 Å². The standard InChI is InChI=1S/C19H32N4O5/c20-9-12-28-14-13-27-11-8-19(26)23-16-4-1-15(2-5-16)3-6-18(25)22-10-7-17(21)24/h1-2,4-5,19,23,26H,3,6-14,20H2,(H2,21,24)(H,22,25).